The summed E-state index contributed by atoms with van der Waals surface area (Å²) < 4.78 is 16.3. The maximum Gasteiger partial charge on any atom is 0.262 e. The van der Waals surface area contributed by atoms with Gasteiger partial charge in [-0.15, -0.1) is 0 Å². The zero-order valence-electron chi connectivity index (χ0n) is 16.3. The molecule has 0 atom stereocenters. The molecule has 0 aromatic heterocycles. The number of nitrogens with one attached hydrogen (secondary N) is 1. The summed E-state index contributed by atoms with van der Waals surface area (Å²) in [5, 5.41) is 2.87. The fraction of sp³-hybridized carbons (Fsp3) is 0.381. The average Bonchev–Trinajstić information content (AvgIpc) is 2.61. The number of amides is 1. The molecule has 0 fully saturated rings. The van der Waals surface area contributed by atoms with Crippen molar-refractivity contribution in [1.82, 2.24) is 0 Å². The molecule has 140 valence electrons. The number of ether oxygens (including phenoxy) is 3. The minimum Gasteiger partial charge on any atom is -0.493 e. The summed E-state index contributed by atoms with van der Waals surface area (Å²) in [6, 6.07) is 9.64. The quantitative estimate of drug-likeness (QED) is 0.795. The highest BCUT2D eigenvalue weighted by molar-refractivity contribution is 5.93. The largest absolute Gasteiger partial charge is 0.493 e. The van der Waals surface area contributed by atoms with Gasteiger partial charge in [-0.1, -0.05) is 26.0 Å². The maximum atomic E-state index is 12.4. The van der Waals surface area contributed by atoms with Crippen LogP contribution in [0, 0.1) is 13.8 Å². The lowest BCUT2D eigenvalue weighted by Gasteiger charge is -2.16. The molecule has 1 amide bonds. The van der Waals surface area contributed by atoms with Crippen molar-refractivity contribution < 1.29 is 19.0 Å². The number of hydrogen-bond acceptors (Lipinski definition) is 4. The van der Waals surface area contributed by atoms with Crippen molar-refractivity contribution in [1.29, 1.82) is 0 Å². The van der Waals surface area contributed by atoms with E-state index in [1.165, 1.54) is 0 Å². The van der Waals surface area contributed by atoms with E-state index < -0.39 is 0 Å². The van der Waals surface area contributed by atoms with Crippen molar-refractivity contribution >= 4 is 11.6 Å². The molecule has 0 heterocycles. The van der Waals surface area contributed by atoms with Crippen LogP contribution in [0.5, 0.6) is 17.2 Å². The molecular weight excluding hydrogens is 330 g/mol. The smallest absolute Gasteiger partial charge is 0.262 e. The Bertz CT molecular complexity index is 784. The van der Waals surface area contributed by atoms with E-state index in [9.17, 15) is 4.79 Å². The lowest BCUT2D eigenvalue weighted by molar-refractivity contribution is -0.118. The number of carbonyl (C=O) groups is 1. The molecule has 2 aromatic carbocycles. The van der Waals surface area contributed by atoms with Crippen LogP contribution < -0.4 is 19.5 Å². The molecule has 0 saturated carbocycles. The summed E-state index contributed by atoms with van der Waals surface area (Å²) in [5.74, 6) is 2.04. The first-order valence-corrected chi connectivity index (χ1v) is 8.61. The van der Waals surface area contributed by atoms with Gasteiger partial charge in [-0.2, -0.15) is 0 Å². The Hall–Kier alpha value is -2.69. The molecule has 0 aliphatic rings. The molecule has 0 unspecified atom stereocenters. The summed E-state index contributed by atoms with van der Waals surface area (Å²) in [4.78, 5) is 12.4. The van der Waals surface area contributed by atoms with E-state index in [4.69, 9.17) is 14.2 Å². The second-order valence-electron chi connectivity index (χ2n) is 6.55. The number of benzene rings is 2. The number of hydrogen-bond donors (Lipinski definition) is 1. The molecular formula is C21H27NO4. The highest BCUT2D eigenvalue weighted by Crippen LogP contribution is 2.33. The van der Waals surface area contributed by atoms with E-state index in [0.717, 1.165) is 22.4 Å². The number of methoxy groups -OCH3 is 2. The van der Waals surface area contributed by atoms with E-state index in [2.05, 4.69) is 25.2 Å². The Morgan fingerprint density at radius 3 is 2.27 bits per heavy atom. The molecule has 1 N–H and O–H groups in total. The Morgan fingerprint density at radius 2 is 1.65 bits per heavy atom. The van der Waals surface area contributed by atoms with Gasteiger partial charge in [0, 0.05) is 11.8 Å². The van der Waals surface area contributed by atoms with E-state index in [1.807, 2.05) is 32.0 Å². The van der Waals surface area contributed by atoms with Crippen molar-refractivity contribution in [2.75, 3.05) is 26.1 Å². The van der Waals surface area contributed by atoms with Crippen molar-refractivity contribution in [3.63, 3.8) is 0 Å². The van der Waals surface area contributed by atoms with Crippen molar-refractivity contribution in [3.05, 3.63) is 47.0 Å². The fourth-order valence-electron chi connectivity index (χ4n) is 2.69. The zero-order chi connectivity index (χ0) is 19.3. The Labute approximate surface area is 155 Å². The van der Waals surface area contributed by atoms with Gasteiger partial charge in [-0.3, -0.25) is 4.79 Å². The highest BCUT2D eigenvalue weighted by Gasteiger charge is 2.13. The number of rotatable bonds is 7. The van der Waals surface area contributed by atoms with Crippen LogP contribution in [0.1, 0.15) is 36.5 Å². The van der Waals surface area contributed by atoms with Gasteiger partial charge in [0.25, 0.3) is 5.91 Å². The van der Waals surface area contributed by atoms with Gasteiger partial charge in [-0.05, 0) is 48.6 Å². The summed E-state index contributed by atoms with van der Waals surface area (Å²) in [7, 11) is 3.14. The first kappa shape index (κ1) is 19.6. The van der Waals surface area contributed by atoms with Crippen LogP contribution in [0.3, 0.4) is 0 Å². The molecule has 0 aliphatic heterocycles. The van der Waals surface area contributed by atoms with E-state index in [1.54, 1.807) is 20.3 Å². The molecule has 0 spiro atoms. The van der Waals surface area contributed by atoms with Crippen molar-refractivity contribution in [2.24, 2.45) is 0 Å². The number of carbonyl (C=O) groups excluding carboxylic acids is 1. The van der Waals surface area contributed by atoms with Crippen LogP contribution >= 0.6 is 0 Å². The summed E-state index contributed by atoms with van der Waals surface area (Å²) in [5.41, 5.74) is 3.74. The van der Waals surface area contributed by atoms with E-state index in [-0.39, 0.29) is 12.5 Å². The highest BCUT2D eigenvalue weighted by atomic mass is 16.5. The van der Waals surface area contributed by atoms with Crippen LogP contribution in [-0.4, -0.2) is 26.7 Å². The van der Waals surface area contributed by atoms with Gasteiger partial charge >= 0.3 is 0 Å². The molecule has 5 heteroatoms. The van der Waals surface area contributed by atoms with Crippen LogP contribution in [0.4, 0.5) is 5.69 Å². The van der Waals surface area contributed by atoms with Crippen LogP contribution in [0.15, 0.2) is 30.3 Å². The van der Waals surface area contributed by atoms with Crippen LogP contribution in [0.2, 0.25) is 0 Å². The summed E-state index contributed by atoms with van der Waals surface area (Å²) in [6.07, 6.45) is 0. The fourth-order valence-corrected chi connectivity index (χ4v) is 2.69. The molecule has 0 radical (unpaired) electrons. The molecule has 26 heavy (non-hydrogen) atoms. The minimum absolute atomic E-state index is 0.0586. The average molecular weight is 357 g/mol. The van der Waals surface area contributed by atoms with Crippen molar-refractivity contribution in [2.45, 2.75) is 33.6 Å². The van der Waals surface area contributed by atoms with E-state index in [0.29, 0.717) is 23.1 Å². The molecule has 2 aromatic rings. The molecule has 0 aliphatic carbocycles. The summed E-state index contributed by atoms with van der Waals surface area (Å²) in [6.45, 7) is 8.05. The second kappa shape index (κ2) is 8.61. The Morgan fingerprint density at radius 1 is 1.00 bits per heavy atom. The first-order valence-electron chi connectivity index (χ1n) is 8.61. The molecule has 0 bridgehead atoms. The predicted octanol–water partition coefficient (Wildman–Crippen LogP) is 4.46. The topological polar surface area (TPSA) is 56.8 Å². The first-order chi connectivity index (χ1) is 12.3. The Balaban J connectivity index is 2.10. The maximum absolute atomic E-state index is 12.4. The van der Waals surface area contributed by atoms with Gasteiger partial charge in [0.05, 0.1) is 14.2 Å². The normalized spacial score (nSPS) is 10.6. The standard InChI is InChI=1S/C21H27NO4/c1-13(2)16-8-7-14(3)9-18(16)26-12-21(23)22-17-11-20(25-6)19(24-5)10-15(17)4/h7-11,13H,12H2,1-6H3,(H,22,23). The molecule has 5 nitrogen and oxygen atoms in total. The van der Waals surface area contributed by atoms with Gasteiger partial charge < -0.3 is 19.5 Å². The predicted molar refractivity (Wildman–Crippen MR) is 104 cm³/mol. The molecule has 2 rings (SSSR count). The lowest BCUT2D eigenvalue weighted by atomic mass is 10.0. The lowest BCUT2D eigenvalue weighted by Crippen LogP contribution is -2.21. The third kappa shape index (κ3) is 4.69. The third-order valence-corrected chi connectivity index (χ3v) is 4.15. The van der Waals surface area contributed by atoms with Gasteiger partial charge in [0.15, 0.2) is 18.1 Å². The third-order valence-electron chi connectivity index (χ3n) is 4.15. The number of anilines is 1. The molecule has 0 saturated heterocycles. The second-order valence-corrected chi connectivity index (χ2v) is 6.55. The number of aryl methyl sites for hydroxylation is 2. The van der Waals surface area contributed by atoms with Crippen molar-refractivity contribution in [3.8, 4) is 17.2 Å². The van der Waals surface area contributed by atoms with Gasteiger partial charge in [0.1, 0.15) is 5.75 Å². The zero-order valence-corrected chi connectivity index (χ0v) is 16.3. The van der Waals surface area contributed by atoms with E-state index >= 15 is 0 Å². The monoisotopic (exact) mass is 357 g/mol. The van der Waals surface area contributed by atoms with Gasteiger partial charge in [0.2, 0.25) is 0 Å². The van der Waals surface area contributed by atoms with Crippen LogP contribution in [0.25, 0.3) is 0 Å². The minimum atomic E-state index is -0.225. The SMILES string of the molecule is COc1cc(C)c(NC(=O)COc2cc(C)ccc2C(C)C)cc1OC. The van der Waals surface area contributed by atoms with Crippen LogP contribution in [-0.2, 0) is 4.79 Å². The Kier molecular flexibility index (Phi) is 6.50. The summed E-state index contributed by atoms with van der Waals surface area (Å²) >= 11 is 0. The van der Waals surface area contributed by atoms with Gasteiger partial charge in [-0.25, -0.2) is 0 Å².